The molecule has 0 aliphatic heterocycles. The second kappa shape index (κ2) is 9.94. The van der Waals surface area contributed by atoms with Gasteiger partial charge < -0.3 is 14.0 Å². The predicted octanol–water partition coefficient (Wildman–Crippen LogP) is 6.26. The molecular formula is C22H27N3OS. The molecule has 0 aliphatic carbocycles. The van der Waals surface area contributed by atoms with Crippen molar-refractivity contribution in [2.24, 2.45) is 0 Å². The van der Waals surface area contributed by atoms with Gasteiger partial charge in [-0.2, -0.15) is 0 Å². The number of nitrogens with zero attached hydrogens (tertiary/aromatic N) is 2. The first-order chi connectivity index (χ1) is 13.2. The molecule has 0 atom stereocenters. The van der Waals surface area contributed by atoms with Crippen LogP contribution in [0.1, 0.15) is 25.8 Å². The van der Waals surface area contributed by atoms with Crippen molar-refractivity contribution in [3.8, 4) is 23.6 Å². The Bertz CT molecular complexity index is 897. The number of rotatable bonds is 7. The van der Waals surface area contributed by atoms with Crippen LogP contribution in [0.25, 0.3) is 22.2 Å². The average Bonchev–Trinajstić information content (AvgIpc) is 3.01. The number of nitriles is 1. The molecule has 0 amide bonds. The van der Waals surface area contributed by atoms with E-state index in [4.69, 9.17) is 10.00 Å². The van der Waals surface area contributed by atoms with E-state index in [0.717, 1.165) is 23.7 Å². The molecule has 3 aromatic rings. The zero-order valence-electron chi connectivity index (χ0n) is 16.5. The molecule has 27 heavy (non-hydrogen) atoms. The lowest BCUT2D eigenvalue weighted by atomic mass is 10.1. The molecule has 5 heteroatoms. The number of ether oxygens (including phenoxy) is 1. The molecule has 0 radical (unpaired) electrons. The van der Waals surface area contributed by atoms with E-state index in [2.05, 4.69) is 73.0 Å². The molecule has 2 aromatic carbocycles. The number of aromatic nitrogens is 1. The lowest BCUT2D eigenvalue weighted by Crippen LogP contribution is -1.97. The van der Waals surface area contributed by atoms with Crippen LogP contribution in [0, 0.1) is 18.8 Å². The lowest BCUT2D eigenvalue weighted by Gasteiger charge is -2.11. The summed E-state index contributed by atoms with van der Waals surface area (Å²) in [6, 6.07) is 15.1. The Morgan fingerprint density at radius 2 is 1.81 bits per heavy atom. The van der Waals surface area contributed by atoms with Gasteiger partial charge in [-0.05, 0) is 61.7 Å². The van der Waals surface area contributed by atoms with Gasteiger partial charge in [0.05, 0.1) is 12.8 Å². The van der Waals surface area contributed by atoms with Gasteiger partial charge in [0.2, 0.25) is 0 Å². The number of benzene rings is 2. The molecule has 0 fully saturated rings. The van der Waals surface area contributed by atoms with Crippen LogP contribution in [-0.2, 0) is 6.54 Å². The molecule has 0 saturated heterocycles. The summed E-state index contributed by atoms with van der Waals surface area (Å²) in [5.74, 6) is 2.02. The highest BCUT2D eigenvalue weighted by atomic mass is 32.2. The Hall–Kier alpha value is -2.58. The largest absolute Gasteiger partial charge is 0.497 e. The third kappa shape index (κ3) is 4.40. The Balaban J connectivity index is 0.00000126. The summed E-state index contributed by atoms with van der Waals surface area (Å²) in [5, 5.41) is 7.76. The lowest BCUT2D eigenvalue weighted by molar-refractivity contribution is 0.415. The van der Waals surface area contributed by atoms with Crippen molar-refractivity contribution in [3.63, 3.8) is 0 Å². The number of methoxy groups -OCH3 is 1. The summed E-state index contributed by atoms with van der Waals surface area (Å²) in [5.41, 5.74) is 6.26. The average molecular weight is 382 g/mol. The van der Waals surface area contributed by atoms with Crippen molar-refractivity contribution in [1.82, 2.24) is 4.57 Å². The molecule has 142 valence electrons. The summed E-state index contributed by atoms with van der Waals surface area (Å²) < 4.78 is 11.2. The van der Waals surface area contributed by atoms with Crippen LogP contribution >= 0.6 is 11.9 Å². The van der Waals surface area contributed by atoms with Crippen LogP contribution in [0.2, 0.25) is 0 Å². The number of aryl methyl sites for hydroxylation is 2. The standard InChI is InChI=1S/C21H26N2OS.CHN/c1-5-13-25-22-17-9-7-16(8-10-17)21-15(3)19-14-18(24-4)11-12-20(19)23(21)6-2;1-2/h7-12,14,22H,5-6,13H2,1-4H3;1H. The van der Waals surface area contributed by atoms with Gasteiger partial charge in [0, 0.05) is 35.5 Å². The zero-order chi connectivity index (χ0) is 19.8. The number of nitrogens with one attached hydrogen (secondary N) is 1. The first-order valence-electron chi connectivity index (χ1n) is 9.10. The quantitative estimate of drug-likeness (QED) is 0.388. The van der Waals surface area contributed by atoms with Gasteiger partial charge in [0.1, 0.15) is 5.75 Å². The van der Waals surface area contributed by atoms with Crippen LogP contribution in [0.4, 0.5) is 5.69 Å². The van der Waals surface area contributed by atoms with E-state index in [0.29, 0.717) is 0 Å². The minimum atomic E-state index is 0.905. The van der Waals surface area contributed by atoms with Gasteiger partial charge >= 0.3 is 0 Å². The van der Waals surface area contributed by atoms with Gasteiger partial charge in [-0.3, -0.25) is 0 Å². The highest BCUT2D eigenvalue weighted by Gasteiger charge is 2.15. The van der Waals surface area contributed by atoms with Gasteiger partial charge in [0.25, 0.3) is 0 Å². The fourth-order valence-corrected chi connectivity index (χ4v) is 3.87. The topological polar surface area (TPSA) is 50.0 Å². The first kappa shape index (κ1) is 20.7. The van der Waals surface area contributed by atoms with Crippen molar-refractivity contribution in [2.75, 3.05) is 17.6 Å². The van der Waals surface area contributed by atoms with Crippen LogP contribution in [0.3, 0.4) is 0 Å². The summed E-state index contributed by atoms with van der Waals surface area (Å²) in [6.07, 6.45) is 1.18. The molecule has 1 aromatic heterocycles. The monoisotopic (exact) mass is 381 g/mol. The first-order valence-corrected chi connectivity index (χ1v) is 10.1. The Morgan fingerprint density at radius 3 is 2.41 bits per heavy atom. The second-order valence-corrected chi connectivity index (χ2v) is 7.03. The van der Waals surface area contributed by atoms with Gasteiger partial charge in [-0.25, -0.2) is 5.26 Å². The third-order valence-electron chi connectivity index (χ3n) is 4.49. The van der Waals surface area contributed by atoms with E-state index < -0.39 is 0 Å². The Labute approximate surface area is 166 Å². The molecule has 1 heterocycles. The van der Waals surface area contributed by atoms with Crippen molar-refractivity contribution in [3.05, 3.63) is 48.0 Å². The maximum absolute atomic E-state index is 6.50. The molecule has 1 N–H and O–H groups in total. The van der Waals surface area contributed by atoms with E-state index in [9.17, 15) is 0 Å². The summed E-state index contributed by atoms with van der Waals surface area (Å²) in [6.45, 7) is 11.0. The minimum Gasteiger partial charge on any atom is -0.497 e. The van der Waals surface area contributed by atoms with Crippen molar-refractivity contribution >= 4 is 28.5 Å². The zero-order valence-corrected chi connectivity index (χ0v) is 17.3. The Morgan fingerprint density at radius 1 is 1.11 bits per heavy atom. The van der Waals surface area contributed by atoms with E-state index in [1.165, 1.54) is 34.1 Å². The SMILES string of the molecule is C#N.CCCSNc1ccc(-c2c(C)c3cc(OC)ccc3n2CC)cc1. The maximum Gasteiger partial charge on any atom is 0.119 e. The summed E-state index contributed by atoms with van der Waals surface area (Å²) >= 11 is 1.76. The number of hydrogen-bond donors (Lipinski definition) is 1. The Kier molecular flexibility index (Phi) is 7.63. The second-order valence-electron chi connectivity index (χ2n) is 6.13. The van der Waals surface area contributed by atoms with Gasteiger partial charge in [0.15, 0.2) is 0 Å². The summed E-state index contributed by atoms with van der Waals surface area (Å²) in [4.78, 5) is 0. The summed E-state index contributed by atoms with van der Waals surface area (Å²) in [7, 11) is 1.72. The molecule has 0 unspecified atom stereocenters. The fraction of sp³-hybridized carbons (Fsp3) is 0.318. The van der Waals surface area contributed by atoms with Crippen molar-refractivity contribution in [1.29, 1.82) is 5.26 Å². The molecule has 4 nitrogen and oxygen atoms in total. The minimum absolute atomic E-state index is 0.905. The van der Waals surface area contributed by atoms with Crippen molar-refractivity contribution in [2.45, 2.75) is 33.7 Å². The predicted molar refractivity (Wildman–Crippen MR) is 117 cm³/mol. The number of hydrogen-bond acceptors (Lipinski definition) is 4. The highest BCUT2D eigenvalue weighted by Crippen LogP contribution is 2.35. The maximum atomic E-state index is 6.50. The van der Waals surface area contributed by atoms with E-state index in [-0.39, 0.29) is 0 Å². The molecule has 3 rings (SSSR count). The van der Waals surface area contributed by atoms with Crippen LogP contribution < -0.4 is 9.46 Å². The van der Waals surface area contributed by atoms with E-state index in [1.54, 1.807) is 19.1 Å². The van der Waals surface area contributed by atoms with E-state index >= 15 is 0 Å². The van der Waals surface area contributed by atoms with Gasteiger partial charge in [-0.15, -0.1) is 0 Å². The smallest absolute Gasteiger partial charge is 0.119 e. The number of anilines is 1. The van der Waals surface area contributed by atoms with E-state index in [1.807, 2.05) is 6.07 Å². The molecule has 0 aliphatic rings. The molecule has 0 bridgehead atoms. The number of fused-ring (bicyclic) bond motifs is 1. The van der Waals surface area contributed by atoms with Crippen molar-refractivity contribution < 1.29 is 4.74 Å². The third-order valence-corrected chi connectivity index (χ3v) is 5.49. The molecule has 0 spiro atoms. The van der Waals surface area contributed by atoms with Crippen LogP contribution in [0.15, 0.2) is 42.5 Å². The van der Waals surface area contributed by atoms with Gasteiger partial charge in [-0.1, -0.05) is 31.0 Å². The van der Waals surface area contributed by atoms with Crippen LogP contribution in [0.5, 0.6) is 5.75 Å². The molecular weight excluding hydrogens is 354 g/mol. The van der Waals surface area contributed by atoms with Crippen LogP contribution in [-0.4, -0.2) is 17.4 Å². The highest BCUT2D eigenvalue weighted by molar-refractivity contribution is 8.00. The molecule has 0 saturated carbocycles. The fourth-order valence-electron chi connectivity index (χ4n) is 3.26. The normalized spacial score (nSPS) is 10.3.